The van der Waals surface area contributed by atoms with Crippen LogP contribution in [-0.2, 0) is 4.79 Å². The van der Waals surface area contributed by atoms with Crippen molar-refractivity contribution in [2.24, 2.45) is 15.7 Å². The molecule has 0 bridgehead atoms. The molecule has 0 saturated heterocycles. The van der Waals surface area contributed by atoms with Crippen molar-refractivity contribution in [2.75, 3.05) is 0 Å². The average Bonchev–Trinajstić information content (AvgIpc) is 2.31. The van der Waals surface area contributed by atoms with Gasteiger partial charge in [0.25, 0.3) is 0 Å². The van der Waals surface area contributed by atoms with E-state index in [0.29, 0.717) is 21.3 Å². The maximum absolute atomic E-state index is 10.9. The number of rotatable bonds is 2. The number of hydrogen-bond acceptors (Lipinski definition) is 4. The second-order valence-corrected chi connectivity index (χ2v) is 4.55. The summed E-state index contributed by atoms with van der Waals surface area (Å²) >= 11 is 11.7. The zero-order valence-electron chi connectivity index (χ0n) is 9.10. The van der Waals surface area contributed by atoms with E-state index in [4.69, 9.17) is 34.0 Å². The van der Waals surface area contributed by atoms with Crippen LogP contribution >= 0.6 is 23.2 Å². The van der Waals surface area contributed by atoms with Gasteiger partial charge in [0.2, 0.25) is 5.96 Å². The van der Waals surface area contributed by atoms with E-state index >= 15 is 0 Å². The van der Waals surface area contributed by atoms with Crippen LogP contribution in [0.3, 0.4) is 0 Å². The van der Waals surface area contributed by atoms with Crippen molar-refractivity contribution < 1.29 is 9.90 Å². The van der Waals surface area contributed by atoms with Gasteiger partial charge in [0.15, 0.2) is 6.04 Å². The van der Waals surface area contributed by atoms with Crippen LogP contribution in [0.1, 0.15) is 12.0 Å². The van der Waals surface area contributed by atoms with Crippen molar-refractivity contribution in [1.29, 1.82) is 0 Å². The molecule has 1 atom stereocenters. The quantitative estimate of drug-likeness (QED) is 0.871. The number of carbonyl (C=O) groups is 1. The van der Waals surface area contributed by atoms with Crippen molar-refractivity contribution >= 4 is 40.8 Å². The minimum absolute atomic E-state index is 0.0466. The first-order chi connectivity index (χ1) is 8.47. The number of hydrogen-bond donors (Lipinski definition) is 2. The minimum atomic E-state index is -1.04. The van der Waals surface area contributed by atoms with Crippen LogP contribution in [-0.4, -0.2) is 28.8 Å². The van der Waals surface area contributed by atoms with E-state index in [-0.39, 0.29) is 12.4 Å². The molecule has 1 aliphatic rings. The van der Waals surface area contributed by atoms with Crippen LogP contribution in [0, 0.1) is 0 Å². The zero-order chi connectivity index (χ0) is 13.3. The molecular formula is C11H9Cl2N3O2. The van der Waals surface area contributed by atoms with Crippen molar-refractivity contribution in [3.05, 3.63) is 33.8 Å². The number of carboxylic acid groups (broad SMARTS) is 1. The topological polar surface area (TPSA) is 88.0 Å². The molecule has 1 heterocycles. The summed E-state index contributed by atoms with van der Waals surface area (Å²) in [6.45, 7) is 0. The lowest BCUT2D eigenvalue weighted by molar-refractivity contribution is -0.138. The van der Waals surface area contributed by atoms with Gasteiger partial charge in [0.05, 0.1) is 15.8 Å². The third kappa shape index (κ3) is 2.63. The molecule has 94 valence electrons. The molecule has 0 saturated carbocycles. The van der Waals surface area contributed by atoms with Gasteiger partial charge in [-0.1, -0.05) is 29.3 Å². The number of nitrogens with zero attached hydrogens (tertiary/aromatic N) is 2. The van der Waals surface area contributed by atoms with E-state index in [2.05, 4.69) is 9.98 Å². The molecule has 1 aliphatic heterocycles. The summed E-state index contributed by atoms with van der Waals surface area (Å²) in [5.74, 6) is -1.08. The van der Waals surface area contributed by atoms with Crippen molar-refractivity contribution in [3.63, 3.8) is 0 Å². The summed E-state index contributed by atoms with van der Waals surface area (Å²) in [7, 11) is 0. The Morgan fingerprint density at radius 3 is 2.72 bits per heavy atom. The highest BCUT2D eigenvalue weighted by Gasteiger charge is 2.24. The molecule has 18 heavy (non-hydrogen) atoms. The van der Waals surface area contributed by atoms with Crippen LogP contribution in [0.2, 0.25) is 10.0 Å². The first-order valence-electron chi connectivity index (χ1n) is 5.06. The maximum Gasteiger partial charge on any atom is 0.328 e. The largest absolute Gasteiger partial charge is 0.480 e. The maximum atomic E-state index is 10.9. The summed E-state index contributed by atoms with van der Waals surface area (Å²) in [5, 5.41) is 9.76. The van der Waals surface area contributed by atoms with Gasteiger partial charge in [0, 0.05) is 6.42 Å². The molecule has 0 radical (unpaired) electrons. The number of benzene rings is 1. The lowest BCUT2D eigenvalue weighted by Crippen LogP contribution is -2.30. The minimum Gasteiger partial charge on any atom is -0.480 e. The Morgan fingerprint density at radius 2 is 2.11 bits per heavy atom. The van der Waals surface area contributed by atoms with Crippen molar-refractivity contribution in [3.8, 4) is 0 Å². The zero-order valence-corrected chi connectivity index (χ0v) is 10.6. The van der Waals surface area contributed by atoms with Gasteiger partial charge >= 0.3 is 5.97 Å². The Labute approximate surface area is 113 Å². The van der Waals surface area contributed by atoms with E-state index in [1.165, 1.54) is 0 Å². The number of halogens is 2. The lowest BCUT2D eigenvalue weighted by atomic mass is 10.0. The lowest BCUT2D eigenvalue weighted by Gasteiger charge is -2.16. The van der Waals surface area contributed by atoms with Gasteiger partial charge in [-0.3, -0.25) is 0 Å². The van der Waals surface area contributed by atoms with Crippen LogP contribution in [0.15, 0.2) is 28.2 Å². The highest BCUT2D eigenvalue weighted by Crippen LogP contribution is 2.24. The predicted molar refractivity (Wildman–Crippen MR) is 70.7 cm³/mol. The number of carboxylic acids is 1. The highest BCUT2D eigenvalue weighted by molar-refractivity contribution is 6.42. The molecule has 1 aromatic rings. The SMILES string of the molecule is NC1=NC(C(=O)O)CC(c2ccc(Cl)c(Cl)c2)=N1. The van der Waals surface area contributed by atoms with E-state index < -0.39 is 12.0 Å². The third-order valence-corrected chi connectivity index (χ3v) is 3.20. The number of aliphatic imine (C=N–C) groups is 2. The Kier molecular flexibility index (Phi) is 3.54. The second kappa shape index (κ2) is 4.96. The summed E-state index contributed by atoms with van der Waals surface area (Å²) in [5.41, 5.74) is 6.72. The second-order valence-electron chi connectivity index (χ2n) is 3.73. The number of guanidine groups is 1. The van der Waals surface area contributed by atoms with Crippen LogP contribution in [0.4, 0.5) is 0 Å². The monoisotopic (exact) mass is 285 g/mol. The van der Waals surface area contributed by atoms with E-state index in [0.717, 1.165) is 0 Å². The fourth-order valence-electron chi connectivity index (χ4n) is 1.60. The van der Waals surface area contributed by atoms with Gasteiger partial charge in [-0.2, -0.15) is 0 Å². The molecule has 5 nitrogen and oxygen atoms in total. The fraction of sp³-hybridized carbons (Fsp3) is 0.182. The van der Waals surface area contributed by atoms with E-state index in [1.807, 2.05) is 0 Å². The average molecular weight is 286 g/mol. The molecule has 0 amide bonds. The molecule has 0 spiro atoms. The highest BCUT2D eigenvalue weighted by atomic mass is 35.5. The van der Waals surface area contributed by atoms with Gasteiger partial charge in [-0.05, 0) is 17.7 Å². The fourth-order valence-corrected chi connectivity index (χ4v) is 1.90. The molecule has 0 aromatic heterocycles. The van der Waals surface area contributed by atoms with Gasteiger partial charge in [-0.15, -0.1) is 0 Å². The Morgan fingerprint density at radius 1 is 1.39 bits per heavy atom. The Bertz CT molecular complexity index is 569. The molecule has 2 rings (SSSR count). The summed E-state index contributed by atoms with van der Waals surface area (Å²) in [4.78, 5) is 18.7. The molecule has 1 aromatic carbocycles. The Balaban J connectivity index is 2.36. The van der Waals surface area contributed by atoms with Gasteiger partial charge in [-0.25, -0.2) is 14.8 Å². The first-order valence-corrected chi connectivity index (χ1v) is 5.82. The molecule has 1 unspecified atom stereocenters. The summed E-state index contributed by atoms with van der Waals surface area (Å²) in [6, 6.07) is 4.05. The Hall–Kier alpha value is -1.59. The third-order valence-electron chi connectivity index (χ3n) is 2.46. The van der Waals surface area contributed by atoms with Crippen LogP contribution in [0.5, 0.6) is 0 Å². The molecule has 3 N–H and O–H groups in total. The number of aliphatic carboxylic acids is 1. The van der Waals surface area contributed by atoms with Crippen molar-refractivity contribution in [2.45, 2.75) is 12.5 Å². The smallest absolute Gasteiger partial charge is 0.328 e. The normalized spacial score (nSPS) is 19.1. The van der Waals surface area contributed by atoms with Crippen LogP contribution in [0.25, 0.3) is 0 Å². The van der Waals surface area contributed by atoms with Crippen LogP contribution < -0.4 is 5.73 Å². The molecule has 0 fully saturated rings. The first kappa shape index (κ1) is 12.9. The molecular weight excluding hydrogens is 277 g/mol. The van der Waals surface area contributed by atoms with Gasteiger partial charge in [0.1, 0.15) is 0 Å². The predicted octanol–water partition coefficient (Wildman–Crippen LogP) is 1.95. The van der Waals surface area contributed by atoms with E-state index in [9.17, 15) is 4.79 Å². The standard InChI is InChI=1S/C11H9Cl2N3O2/c12-6-2-1-5(3-7(6)13)8-4-9(10(17)18)16-11(14)15-8/h1-3,9H,4H2,(H2,14,16)(H,17,18). The number of nitrogens with two attached hydrogens (primary N) is 1. The van der Waals surface area contributed by atoms with Gasteiger partial charge < -0.3 is 10.8 Å². The molecule has 7 heteroatoms. The summed E-state index contributed by atoms with van der Waals surface area (Å²) in [6.07, 6.45) is 0.175. The summed E-state index contributed by atoms with van der Waals surface area (Å²) < 4.78 is 0. The van der Waals surface area contributed by atoms with E-state index in [1.54, 1.807) is 18.2 Å². The molecule has 0 aliphatic carbocycles. The van der Waals surface area contributed by atoms with Crippen molar-refractivity contribution in [1.82, 2.24) is 0 Å².